The SMILES string of the molecule is CC(C(=O)Nc1cccc(N)c1)N(C)CCc1ccccn1. The minimum Gasteiger partial charge on any atom is -0.399 e. The first-order valence-electron chi connectivity index (χ1n) is 7.33. The lowest BCUT2D eigenvalue weighted by atomic mass is 10.2. The van der Waals surface area contributed by atoms with Gasteiger partial charge >= 0.3 is 0 Å². The molecular formula is C17H22N4O. The molecule has 2 rings (SSSR count). The third kappa shape index (κ3) is 4.56. The number of hydrogen-bond acceptors (Lipinski definition) is 4. The molecule has 0 aliphatic carbocycles. The molecule has 1 aromatic carbocycles. The van der Waals surface area contributed by atoms with E-state index in [9.17, 15) is 4.79 Å². The van der Waals surface area contributed by atoms with Crippen LogP contribution in [0.25, 0.3) is 0 Å². The number of pyridine rings is 1. The van der Waals surface area contributed by atoms with Crippen LogP contribution in [0.2, 0.25) is 0 Å². The number of nitrogens with zero attached hydrogens (tertiary/aromatic N) is 2. The standard InChI is InChI=1S/C17H22N4O/c1-13(17(22)20-16-8-5-6-14(18)12-16)21(2)11-9-15-7-3-4-10-19-15/h3-8,10,12-13H,9,11,18H2,1-2H3,(H,20,22). The summed E-state index contributed by atoms with van der Waals surface area (Å²) in [5.41, 5.74) is 8.09. The van der Waals surface area contributed by atoms with Crippen molar-refractivity contribution in [3.8, 4) is 0 Å². The van der Waals surface area contributed by atoms with E-state index in [-0.39, 0.29) is 11.9 Å². The maximum Gasteiger partial charge on any atom is 0.241 e. The number of hydrogen-bond donors (Lipinski definition) is 2. The first-order chi connectivity index (χ1) is 10.6. The molecule has 2 aromatic rings. The number of amides is 1. The van der Waals surface area contributed by atoms with Gasteiger partial charge in [-0.3, -0.25) is 14.7 Å². The fourth-order valence-corrected chi connectivity index (χ4v) is 2.09. The van der Waals surface area contributed by atoms with Gasteiger partial charge in [0.15, 0.2) is 0 Å². The monoisotopic (exact) mass is 298 g/mol. The average molecular weight is 298 g/mol. The van der Waals surface area contributed by atoms with Crippen LogP contribution in [-0.4, -0.2) is 35.4 Å². The highest BCUT2D eigenvalue weighted by molar-refractivity contribution is 5.94. The summed E-state index contributed by atoms with van der Waals surface area (Å²) in [7, 11) is 1.94. The third-order valence-corrected chi connectivity index (χ3v) is 3.64. The molecule has 0 saturated carbocycles. The molecule has 5 heteroatoms. The Balaban J connectivity index is 1.86. The minimum atomic E-state index is -0.231. The van der Waals surface area contributed by atoms with E-state index in [4.69, 9.17) is 5.73 Å². The van der Waals surface area contributed by atoms with Gasteiger partial charge in [0.05, 0.1) is 6.04 Å². The van der Waals surface area contributed by atoms with Crippen molar-refractivity contribution in [3.63, 3.8) is 0 Å². The fraction of sp³-hybridized carbons (Fsp3) is 0.294. The summed E-state index contributed by atoms with van der Waals surface area (Å²) in [5.74, 6) is -0.0471. The van der Waals surface area contributed by atoms with Crippen molar-refractivity contribution in [3.05, 3.63) is 54.4 Å². The molecule has 0 aliphatic rings. The quantitative estimate of drug-likeness (QED) is 0.802. The van der Waals surface area contributed by atoms with Crippen LogP contribution in [0.1, 0.15) is 12.6 Å². The summed E-state index contributed by atoms with van der Waals surface area (Å²) >= 11 is 0. The topological polar surface area (TPSA) is 71.2 Å². The lowest BCUT2D eigenvalue weighted by Crippen LogP contribution is -2.40. The predicted molar refractivity (Wildman–Crippen MR) is 89.5 cm³/mol. The Morgan fingerprint density at radius 2 is 2.14 bits per heavy atom. The Hall–Kier alpha value is -2.40. The van der Waals surface area contributed by atoms with E-state index in [1.54, 1.807) is 18.3 Å². The van der Waals surface area contributed by atoms with Crippen LogP contribution in [0.4, 0.5) is 11.4 Å². The van der Waals surface area contributed by atoms with Crippen LogP contribution in [0.15, 0.2) is 48.7 Å². The summed E-state index contributed by atoms with van der Waals surface area (Å²) in [4.78, 5) is 18.6. The van der Waals surface area contributed by atoms with Gasteiger partial charge in [0.1, 0.15) is 0 Å². The van der Waals surface area contributed by atoms with Crippen LogP contribution in [0.5, 0.6) is 0 Å². The van der Waals surface area contributed by atoms with E-state index in [0.29, 0.717) is 5.69 Å². The summed E-state index contributed by atoms with van der Waals surface area (Å²) < 4.78 is 0. The number of nitrogens with one attached hydrogen (secondary N) is 1. The van der Waals surface area contributed by atoms with E-state index in [1.807, 2.05) is 49.2 Å². The second-order valence-corrected chi connectivity index (χ2v) is 5.34. The Morgan fingerprint density at radius 1 is 1.32 bits per heavy atom. The molecule has 1 aromatic heterocycles. The maximum atomic E-state index is 12.3. The van der Waals surface area contributed by atoms with Gasteiger partial charge in [-0.2, -0.15) is 0 Å². The van der Waals surface area contributed by atoms with Gasteiger partial charge in [0.25, 0.3) is 0 Å². The summed E-state index contributed by atoms with van der Waals surface area (Å²) in [6.45, 7) is 2.66. The molecule has 1 amide bonds. The number of nitrogen functional groups attached to an aromatic ring is 1. The van der Waals surface area contributed by atoms with Crippen LogP contribution >= 0.6 is 0 Å². The van der Waals surface area contributed by atoms with E-state index in [0.717, 1.165) is 24.3 Å². The zero-order chi connectivity index (χ0) is 15.9. The predicted octanol–water partition coefficient (Wildman–Crippen LogP) is 2.17. The van der Waals surface area contributed by atoms with Gasteiger partial charge in [0, 0.05) is 36.2 Å². The smallest absolute Gasteiger partial charge is 0.241 e. The molecule has 1 unspecified atom stereocenters. The molecule has 0 bridgehead atoms. The lowest BCUT2D eigenvalue weighted by Gasteiger charge is -2.23. The molecular weight excluding hydrogens is 276 g/mol. The van der Waals surface area contributed by atoms with Crippen molar-refractivity contribution < 1.29 is 4.79 Å². The van der Waals surface area contributed by atoms with E-state index >= 15 is 0 Å². The van der Waals surface area contributed by atoms with Crippen LogP contribution in [0.3, 0.4) is 0 Å². The Labute approximate surface area is 131 Å². The van der Waals surface area contributed by atoms with Gasteiger partial charge in [-0.25, -0.2) is 0 Å². The van der Waals surface area contributed by atoms with Gasteiger partial charge < -0.3 is 11.1 Å². The number of carbonyl (C=O) groups is 1. The molecule has 3 N–H and O–H groups in total. The van der Waals surface area contributed by atoms with E-state index in [2.05, 4.69) is 10.3 Å². The Bertz CT molecular complexity index is 615. The highest BCUT2D eigenvalue weighted by atomic mass is 16.2. The molecule has 0 radical (unpaired) electrons. The van der Waals surface area contributed by atoms with Gasteiger partial charge in [-0.15, -0.1) is 0 Å². The van der Waals surface area contributed by atoms with Crippen LogP contribution < -0.4 is 11.1 Å². The highest BCUT2D eigenvalue weighted by Crippen LogP contribution is 2.12. The van der Waals surface area contributed by atoms with Crippen molar-refractivity contribution in [2.45, 2.75) is 19.4 Å². The van der Waals surface area contributed by atoms with E-state index < -0.39 is 0 Å². The third-order valence-electron chi connectivity index (χ3n) is 3.64. The number of aromatic nitrogens is 1. The molecule has 22 heavy (non-hydrogen) atoms. The number of carbonyl (C=O) groups excluding carboxylic acids is 1. The first kappa shape index (κ1) is 16.0. The zero-order valence-corrected chi connectivity index (χ0v) is 13.0. The van der Waals surface area contributed by atoms with Crippen LogP contribution in [-0.2, 0) is 11.2 Å². The highest BCUT2D eigenvalue weighted by Gasteiger charge is 2.18. The number of likely N-dealkylation sites (N-methyl/N-ethyl adjacent to an activating group) is 1. The van der Waals surface area contributed by atoms with E-state index in [1.165, 1.54) is 0 Å². The summed E-state index contributed by atoms with van der Waals surface area (Å²) in [6.07, 6.45) is 2.60. The normalized spacial score (nSPS) is 12.1. The van der Waals surface area contributed by atoms with Crippen LogP contribution in [0, 0.1) is 0 Å². The van der Waals surface area contributed by atoms with Gasteiger partial charge in [0.2, 0.25) is 5.91 Å². The second-order valence-electron chi connectivity index (χ2n) is 5.34. The van der Waals surface area contributed by atoms with Crippen molar-refractivity contribution in [1.82, 2.24) is 9.88 Å². The summed E-state index contributed by atoms with van der Waals surface area (Å²) in [5, 5.41) is 2.89. The molecule has 0 fully saturated rings. The molecule has 0 saturated heterocycles. The number of nitrogens with two attached hydrogens (primary N) is 1. The second kappa shape index (κ2) is 7.56. The molecule has 1 atom stereocenters. The van der Waals surface area contributed by atoms with Gasteiger partial charge in [-0.05, 0) is 44.3 Å². The number of anilines is 2. The Morgan fingerprint density at radius 3 is 2.82 bits per heavy atom. The van der Waals surface area contributed by atoms with Crippen molar-refractivity contribution >= 4 is 17.3 Å². The zero-order valence-electron chi connectivity index (χ0n) is 13.0. The average Bonchev–Trinajstić information content (AvgIpc) is 2.53. The Kier molecular flexibility index (Phi) is 5.49. The first-order valence-corrected chi connectivity index (χ1v) is 7.33. The summed E-state index contributed by atoms with van der Waals surface area (Å²) in [6, 6.07) is 12.8. The fourth-order valence-electron chi connectivity index (χ4n) is 2.09. The minimum absolute atomic E-state index is 0.0471. The largest absolute Gasteiger partial charge is 0.399 e. The molecule has 1 heterocycles. The molecule has 0 spiro atoms. The van der Waals surface area contributed by atoms with Crippen molar-refractivity contribution in [1.29, 1.82) is 0 Å². The van der Waals surface area contributed by atoms with Crippen molar-refractivity contribution in [2.75, 3.05) is 24.6 Å². The van der Waals surface area contributed by atoms with Crippen molar-refractivity contribution in [2.24, 2.45) is 0 Å². The molecule has 5 nitrogen and oxygen atoms in total. The van der Waals surface area contributed by atoms with Gasteiger partial charge in [-0.1, -0.05) is 12.1 Å². The number of benzene rings is 1. The maximum absolute atomic E-state index is 12.3. The number of rotatable bonds is 6. The molecule has 0 aliphatic heterocycles. The molecule has 116 valence electrons. The lowest BCUT2D eigenvalue weighted by molar-refractivity contribution is -0.120.